The number of aliphatic hydroxyl groups excluding tert-OH is 1. The summed E-state index contributed by atoms with van der Waals surface area (Å²) >= 11 is 0. The summed E-state index contributed by atoms with van der Waals surface area (Å²) < 4.78 is 0. The van der Waals surface area contributed by atoms with Crippen LogP contribution >= 0.6 is 0 Å². The van der Waals surface area contributed by atoms with Crippen molar-refractivity contribution >= 4 is 81.7 Å². The summed E-state index contributed by atoms with van der Waals surface area (Å²) in [6.07, 6.45) is 0.962. The number of carbonyl (C=O) groups is 11. The summed E-state index contributed by atoms with van der Waals surface area (Å²) in [5.41, 5.74) is 19.7. The molecule has 6 aromatic carbocycles. The summed E-state index contributed by atoms with van der Waals surface area (Å²) in [7, 11) is 0. The van der Waals surface area contributed by atoms with Gasteiger partial charge in [-0.3, -0.25) is 58.1 Å². The van der Waals surface area contributed by atoms with Crippen LogP contribution in [0.2, 0.25) is 0 Å². The molecular formula is C74H93N15O13. The number of likely N-dealkylation sites (tertiary alicyclic amines) is 1. The van der Waals surface area contributed by atoms with Crippen molar-refractivity contribution in [3.8, 4) is 5.75 Å². The lowest BCUT2D eigenvalue weighted by molar-refractivity contribution is -0.142. The van der Waals surface area contributed by atoms with Crippen molar-refractivity contribution in [2.45, 2.75) is 151 Å². The maximum atomic E-state index is 15.0. The van der Waals surface area contributed by atoms with Crippen LogP contribution in [0.3, 0.4) is 0 Å². The van der Waals surface area contributed by atoms with E-state index in [4.69, 9.17) is 22.6 Å². The molecule has 11 amide bonds. The molecule has 0 saturated carbocycles. The van der Waals surface area contributed by atoms with Crippen LogP contribution < -0.4 is 70.4 Å². The van der Waals surface area contributed by atoms with Crippen LogP contribution in [0.5, 0.6) is 5.75 Å². The van der Waals surface area contributed by atoms with E-state index in [2.05, 4.69) is 53.2 Å². The largest absolute Gasteiger partial charge is 0.508 e. The zero-order valence-electron chi connectivity index (χ0n) is 57.2. The fourth-order valence-corrected chi connectivity index (χ4v) is 11.8. The van der Waals surface area contributed by atoms with E-state index in [0.29, 0.717) is 41.5 Å². The summed E-state index contributed by atoms with van der Waals surface area (Å²) in [6, 6.07) is 31.3. The Labute approximate surface area is 591 Å². The normalized spacial score (nSPS) is 15.2. The number of phenolic OH excluding ortho intramolecular Hbond substituents is 1. The van der Waals surface area contributed by atoms with Crippen LogP contribution in [0.4, 0.5) is 0 Å². The summed E-state index contributed by atoms with van der Waals surface area (Å²) in [6.45, 7) is 2.10. The minimum absolute atomic E-state index is 0.0395. The van der Waals surface area contributed by atoms with Gasteiger partial charge in [-0.05, 0) is 109 Å². The number of hydrogen-bond donors (Lipinski definition) is 16. The molecule has 28 heteroatoms. The van der Waals surface area contributed by atoms with E-state index in [1.54, 1.807) is 91.0 Å². The standard InChI is InChI=1S/C74H93N15O13/c1-45(64(76)93)80-72(101)63-28-17-37-89(63)73(102)56(26-14-15-35-75)83-68(97)58(39-47-18-6-3-7-19-47)84-65(94)55(27-16-36-79-74(77)78)82-67(96)61(42-50-30-33-54(92)34-31-50)87-71(100)62(44-90)88-70(99)60(41-49-22-10-5-11-23-49)86-69(98)59(40-48-20-8-4-9-21-48)85-66(95)57(81-46(2)91)43-51-29-32-52-24-12-13-25-53(52)38-51/h3-13,18-25,29-34,38,45,55-63,90,92H,14-17,26-28,35-37,39-44,75H2,1-2H3,(H2,76,93)(H,80,101)(H,81,91)(H,82,96)(H,83,97)(H,84,94)(H,85,95)(H,86,98)(H,87,100)(H,88,99)(H4,77,78,79)/t45-,55-,56+,57-,58+,59-,60-,61+,62+,63+/m1/s1. The number of nitrogens with one attached hydrogen (secondary N) is 11. The van der Waals surface area contributed by atoms with Gasteiger partial charge in [-0.1, -0.05) is 146 Å². The molecule has 102 heavy (non-hydrogen) atoms. The van der Waals surface area contributed by atoms with Crippen LogP contribution in [-0.4, -0.2) is 173 Å². The van der Waals surface area contributed by atoms with Gasteiger partial charge in [0.2, 0.25) is 65.0 Å². The molecule has 0 radical (unpaired) electrons. The summed E-state index contributed by atoms with van der Waals surface area (Å²) in [4.78, 5) is 157. The van der Waals surface area contributed by atoms with Crippen molar-refractivity contribution in [3.63, 3.8) is 0 Å². The van der Waals surface area contributed by atoms with Crippen LogP contribution in [0.1, 0.15) is 86.6 Å². The van der Waals surface area contributed by atoms with E-state index in [1.165, 1.54) is 43.0 Å². The summed E-state index contributed by atoms with van der Waals surface area (Å²) in [5.74, 6) is -9.22. The van der Waals surface area contributed by atoms with Crippen LogP contribution in [0.25, 0.3) is 10.8 Å². The second kappa shape index (κ2) is 39.5. The second-order valence-corrected chi connectivity index (χ2v) is 25.3. The van der Waals surface area contributed by atoms with Gasteiger partial charge in [0.15, 0.2) is 5.96 Å². The first-order valence-corrected chi connectivity index (χ1v) is 34.0. The van der Waals surface area contributed by atoms with Crippen molar-refractivity contribution in [2.24, 2.45) is 17.2 Å². The number of phenols is 1. The number of guanidine groups is 1. The Bertz CT molecular complexity index is 3850. The average Bonchev–Trinajstić information content (AvgIpc) is 1.39. The second-order valence-electron chi connectivity index (χ2n) is 25.3. The number of aliphatic hydroxyl groups is 1. The first-order valence-electron chi connectivity index (χ1n) is 34.0. The number of carbonyl (C=O) groups excluding carboxylic acids is 11. The first-order chi connectivity index (χ1) is 49.0. The molecule has 0 spiro atoms. The van der Waals surface area contributed by atoms with Crippen molar-refractivity contribution in [2.75, 3.05) is 26.2 Å². The lowest BCUT2D eigenvalue weighted by Crippen LogP contribution is -2.61. The molecular weight excluding hydrogens is 1310 g/mol. The van der Waals surface area contributed by atoms with Gasteiger partial charge in [-0.15, -0.1) is 0 Å². The number of nitrogens with zero attached hydrogens (tertiary/aromatic N) is 1. The number of unbranched alkanes of at least 4 members (excludes halogenated alkanes) is 1. The number of hydrogen-bond acceptors (Lipinski definition) is 15. The minimum Gasteiger partial charge on any atom is -0.508 e. The lowest BCUT2D eigenvalue weighted by Gasteiger charge is -2.31. The molecule has 542 valence electrons. The first kappa shape index (κ1) is 78.1. The van der Waals surface area contributed by atoms with Gasteiger partial charge < -0.3 is 85.5 Å². The number of amides is 11. The maximum Gasteiger partial charge on any atom is 0.245 e. The molecule has 1 heterocycles. The fraction of sp³-hybridized carbons (Fsp3) is 0.378. The lowest BCUT2D eigenvalue weighted by atomic mass is 9.99. The highest BCUT2D eigenvalue weighted by molar-refractivity contribution is 5.99. The average molecular weight is 1400 g/mol. The molecule has 0 unspecified atom stereocenters. The molecule has 28 nitrogen and oxygen atoms in total. The van der Waals surface area contributed by atoms with Crippen molar-refractivity contribution in [3.05, 3.63) is 186 Å². The quantitative estimate of drug-likeness (QED) is 0.0141. The van der Waals surface area contributed by atoms with E-state index >= 15 is 0 Å². The predicted molar refractivity (Wildman–Crippen MR) is 382 cm³/mol. The number of fused-ring (bicyclic) bond motifs is 1. The Morgan fingerprint density at radius 1 is 0.480 bits per heavy atom. The summed E-state index contributed by atoms with van der Waals surface area (Å²) in [5, 5.41) is 57.7. The molecule has 7 rings (SSSR count). The maximum absolute atomic E-state index is 15.0. The number of benzene rings is 6. The predicted octanol–water partition coefficient (Wildman–Crippen LogP) is 0.323. The number of aromatic hydroxyl groups is 1. The molecule has 0 aromatic heterocycles. The SMILES string of the molecule is CC(=O)N[C@H](Cc1ccc2ccccc2c1)C(=O)N[C@H](Cc1ccccc1)C(=O)N[C@H](Cc1ccccc1)C(=O)N[C@@H](CO)C(=O)N[C@@H](Cc1ccc(O)cc1)C(=O)N[C@H](CCCNC(=N)N)C(=O)N[C@@H](Cc1ccccc1)C(=O)N[C@@H](CCCCN)C(=O)N1CCC[C@H]1C(=O)N[C@H](C)C(N)=O. The third-order valence-corrected chi connectivity index (χ3v) is 17.3. The molecule has 19 N–H and O–H groups in total. The molecule has 0 bridgehead atoms. The minimum atomic E-state index is -1.81. The third-order valence-electron chi connectivity index (χ3n) is 17.3. The number of primary amides is 1. The van der Waals surface area contributed by atoms with Gasteiger partial charge in [-0.25, -0.2) is 0 Å². The van der Waals surface area contributed by atoms with Crippen molar-refractivity contribution < 1.29 is 63.0 Å². The Morgan fingerprint density at radius 2 is 0.882 bits per heavy atom. The van der Waals surface area contributed by atoms with E-state index in [1.807, 2.05) is 42.5 Å². The van der Waals surface area contributed by atoms with E-state index in [9.17, 15) is 63.0 Å². The van der Waals surface area contributed by atoms with Crippen LogP contribution in [0, 0.1) is 5.41 Å². The zero-order chi connectivity index (χ0) is 73.7. The fourth-order valence-electron chi connectivity index (χ4n) is 11.8. The van der Waals surface area contributed by atoms with E-state index in [-0.39, 0.29) is 89.1 Å². The number of nitrogens with two attached hydrogens (primary N) is 3. The highest BCUT2D eigenvalue weighted by atomic mass is 16.3. The third kappa shape index (κ3) is 24.6. The Balaban J connectivity index is 1.13. The van der Waals surface area contributed by atoms with Crippen LogP contribution in [0.15, 0.2) is 158 Å². The van der Waals surface area contributed by atoms with Gasteiger partial charge in [0.1, 0.15) is 66.2 Å². The topological polar surface area (TPSA) is 454 Å². The van der Waals surface area contributed by atoms with Crippen molar-refractivity contribution in [1.82, 2.24) is 58.1 Å². The smallest absolute Gasteiger partial charge is 0.245 e. The van der Waals surface area contributed by atoms with Crippen LogP contribution in [-0.2, 0) is 84.8 Å². The Kier molecular flexibility index (Phi) is 30.2. The molecule has 1 fully saturated rings. The monoisotopic (exact) mass is 1400 g/mol. The molecule has 1 saturated heterocycles. The van der Waals surface area contributed by atoms with Gasteiger partial charge in [0, 0.05) is 52.1 Å². The molecule has 10 atom stereocenters. The van der Waals surface area contributed by atoms with Gasteiger partial charge in [-0.2, -0.15) is 0 Å². The molecule has 0 aliphatic carbocycles. The molecule has 1 aliphatic rings. The van der Waals surface area contributed by atoms with Gasteiger partial charge in [0.25, 0.3) is 0 Å². The Morgan fingerprint density at radius 3 is 1.35 bits per heavy atom. The Hall–Kier alpha value is -11.3. The van der Waals surface area contributed by atoms with Gasteiger partial charge >= 0.3 is 0 Å². The highest BCUT2D eigenvalue weighted by Gasteiger charge is 2.40. The van der Waals surface area contributed by atoms with E-state index < -0.39 is 132 Å². The number of rotatable bonds is 38. The molecule has 6 aromatic rings. The van der Waals surface area contributed by atoms with E-state index in [0.717, 1.165) is 16.3 Å². The highest BCUT2D eigenvalue weighted by Crippen LogP contribution is 2.22. The zero-order valence-corrected chi connectivity index (χ0v) is 57.2. The van der Waals surface area contributed by atoms with Crippen molar-refractivity contribution in [1.29, 1.82) is 5.41 Å². The molecule has 1 aliphatic heterocycles. The van der Waals surface area contributed by atoms with Gasteiger partial charge in [0.05, 0.1) is 6.61 Å².